The molecule has 2 aliphatic rings. The number of nitrogens with zero attached hydrogens (tertiary/aromatic N) is 1. The summed E-state index contributed by atoms with van der Waals surface area (Å²) in [4.78, 5) is 17.0. The van der Waals surface area contributed by atoms with Crippen LogP contribution in [0.5, 0.6) is 0 Å². The summed E-state index contributed by atoms with van der Waals surface area (Å²) in [5.41, 5.74) is 4.96. The fourth-order valence-electron chi connectivity index (χ4n) is 4.48. The van der Waals surface area contributed by atoms with Crippen molar-refractivity contribution in [3.8, 4) is 0 Å². The van der Waals surface area contributed by atoms with Gasteiger partial charge in [-0.05, 0) is 80.2 Å². The Balaban J connectivity index is 1.61. The van der Waals surface area contributed by atoms with Crippen LogP contribution in [0.15, 0.2) is 10.3 Å². The smallest absolute Gasteiger partial charge is 0.236 e. The van der Waals surface area contributed by atoms with E-state index in [1.807, 2.05) is 0 Å². The number of rotatable bonds is 6. The second kappa shape index (κ2) is 7.71. The lowest BCUT2D eigenvalue weighted by Gasteiger charge is -2.16. The van der Waals surface area contributed by atoms with E-state index in [1.165, 1.54) is 36.1 Å². The van der Waals surface area contributed by atoms with Crippen molar-refractivity contribution < 1.29 is 19.2 Å². The third kappa shape index (κ3) is 3.91. The summed E-state index contributed by atoms with van der Waals surface area (Å²) in [6, 6.07) is 2.29. The van der Waals surface area contributed by atoms with Crippen LogP contribution in [0.2, 0.25) is 0 Å². The Kier molecular flexibility index (Phi) is 5.50. The molecule has 4 rings (SSSR count). The summed E-state index contributed by atoms with van der Waals surface area (Å²) in [6.45, 7) is 2.53. The van der Waals surface area contributed by atoms with Gasteiger partial charge in [0.2, 0.25) is 5.91 Å². The van der Waals surface area contributed by atoms with Crippen molar-refractivity contribution in [2.24, 2.45) is 0 Å². The van der Waals surface area contributed by atoms with E-state index in [0.717, 1.165) is 55.4 Å². The zero-order valence-electron chi connectivity index (χ0n) is 17.2. The van der Waals surface area contributed by atoms with E-state index < -0.39 is 28.0 Å². The Bertz CT molecular complexity index is 1080. The summed E-state index contributed by atoms with van der Waals surface area (Å²) in [7, 11) is -3.70. The maximum atomic E-state index is 13.1. The van der Waals surface area contributed by atoms with Crippen LogP contribution in [-0.2, 0) is 59.0 Å². The van der Waals surface area contributed by atoms with Gasteiger partial charge < -0.3 is 10.2 Å². The van der Waals surface area contributed by atoms with Crippen LogP contribution in [0.4, 0.5) is 0 Å². The fourth-order valence-corrected chi connectivity index (χ4v) is 7.04. The van der Waals surface area contributed by atoms with Crippen LogP contribution in [0.25, 0.3) is 0 Å². The van der Waals surface area contributed by atoms with Gasteiger partial charge in [-0.25, -0.2) is 14.0 Å². The van der Waals surface area contributed by atoms with Gasteiger partial charge in [0.15, 0.2) is 9.92 Å². The van der Waals surface area contributed by atoms with Gasteiger partial charge in [-0.3, -0.25) is 9.52 Å². The zero-order valence-corrected chi connectivity index (χ0v) is 18.8. The van der Waals surface area contributed by atoms with Gasteiger partial charge in [0, 0.05) is 0 Å². The second-order valence-electron chi connectivity index (χ2n) is 8.57. The molecule has 4 N–H and O–H groups in total. The van der Waals surface area contributed by atoms with Crippen molar-refractivity contribution in [1.82, 2.24) is 9.71 Å². The number of aliphatic hydroxyl groups excluding tert-OH is 1. The monoisotopic (exact) mass is 449 g/mol. The van der Waals surface area contributed by atoms with Gasteiger partial charge in [0.05, 0.1) is 18.7 Å². The maximum Gasteiger partial charge on any atom is 0.236 e. The van der Waals surface area contributed by atoms with Crippen molar-refractivity contribution in [1.29, 1.82) is 4.78 Å². The lowest BCUT2D eigenvalue weighted by Crippen LogP contribution is -2.31. The molecule has 0 radical (unpaired) electrons. The van der Waals surface area contributed by atoms with E-state index in [-0.39, 0.29) is 21.3 Å². The molecular formula is C21H27N3O4S2. The van der Waals surface area contributed by atoms with Gasteiger partial charge in [-0.2, -0.15) is 0 Å². The van der Waals surface area contributed by atoms with Gasteiger partial charge >= 0.3 is 0 Å². The summed E-state index contributed by atoms with van der Waals surface area (Å²) >= 11 is 0.888. The molecule has 1 unspecified atom stereocenters. The van der Waals surface area contributed by atoms with Crippen molar-refractivity contribution in [3.05, 3.63) is 44.6 Å². The van der Waals surface area contributed by atoms with Crippen molar-refractivity contribution in [2.45, 2.75) is 75.2 Å². The Labute approximate surface area is 180 Å². The Morgan fingerprint density at radius 1 is 1.23 bits per heavy atom. The number of aryl methyl sites for hydroxylation is 2. The first-order valence-electron chi connectivity index (χ1n) is 10.2. The average molecular weight is 450 g/mol. The molecule has 1 heterocycles. The minimum atomic E-state index is -3.70. The zero-order chi connectivity index (χ0) is 21.7. The number of hydrogen-bond acceptors (Lipinski definition) is 7. The number of thiazole rings is 1. The summed E-state index contributed by atoms with van der Waals surface area (Å²) < 4.78 is 23.8. The molecule has 0 bridgehead atoms. The average Bonchev–Trinajstić information content (AvgIpc) is 3.38. The molecule has 1 aromatic heterocycles. The summed E-state index contributed by atoms with van der Waals surface area (Å²) in [5, 5.41) is 20.0. The molecule has 1 aromatic carbocycles. The largest absolute Gasteiger partial charge is 0.390 e. The first kappa shape index (κ1) is 21.4. The molecule has 2 aromatic rings. The van der Waals surface area contributed by atoms with Crippen LogP contribution in [0, 0.1) is 4.78 Å². The molecule has 0 aliphatic heterocycles. The predicted molar refractivity (Wildman–Crippen MR) is 115 cm³/mol. The van der Waals surface area contributed by atoms with Crippen LogP contribution in [-0.4, -0.2) is 25.3 Å². The third-order valence-electron chi connectivity index (χ3n) is 5.79. The first-order valence-corrected chi connectivity index (χ1v) is 12.6. The highest BCUT2D eigenvalue weighted by molar-refractivity contribution is 7.93. The topological polar surface area (TPSA) is 123 Å². The van der Waals surface area contributed by atoms with E-state index in [2.05, 4.69) is 15.8 Å². The lowest BCUT2D eigenvalue weighted by atomic mass is 9.92. The number of nitrogens with one attached hydrogen (secondary N) is 2. The summed E-state index contributed by atoms with van der Waals surface area (Å²) in [5.74, 6) is -0.466. The third-order valence-corrected chi connectivity index (χ3v) is 9.22. The minimum absolute atomic E-state index is 0.0148. The van der Waals surface area contributed by atoms with E-state index in [4.69, 9.17) is 4.78 Å². The molecule has 162 valence electrons. The molecule has 9 heteroatoms. The molecule has 0 fully saturated rings. The maximum absolute atomic E-state index is 13.1. The molecule has 0 saturated heterocycles. The van der Waals surface area contributed by atoms with Gasteiger partial charge in [-0.15, -0.1) is 11.3 Å². The number of aromatic nitrogens is 1. The van der Waals surface area contributed by atoms with Gasteiger partial charge in [-0.1, -0.05) is 6.07 Å². The van der Waals surface area contributed by atoms with Gasteiger partial charge in [0.25, 0.3) is 0 Å². The summed E-state index contributed by atoms with van der Waals surface area (Å²) in [6.07, 6.45) is 6.26. The van der Waals surface area contributed by atoms with Crippen LogP contribution in [0.1, 0.15) is 65.2 Å². The SMILES string of the molecule is CC(C)(O)c1nc(CO)c(S(=N)(=O)NC(=O)Cc2c3c(cc4c2CCC4)CCC3)s1. The van der Waals surface area contributed by atoms with E-state index in [1.54, 1.807) is 0 Å². The van der Waals surface area contributed by atoms with Crippen molar-refractivity contribution in [2.75, 3.05) is 0 Å². The quantitative estimate of drug-likeness (QED) is 0.540. The molecular weight excluding hydrogens is 422 g/mol. The van der Waals surface area contributed by atoms with E-state index in [9.17, 15) is 19.2 Å². The normalized spacial score (nSPS) is 17.5. The van der Waals surface area contributed by atoms with E-state index in [0.29, 0.717) is 0 Å². The fraction of sp³-hybridized carbons (Fsp3) is 0.524. The second-order valence-corrected chi connectivity index (χ2v) is 11.5. The molecule has 0 spiro atoms. The number of fused-ring (bicyclic) bond motifs is 2. The predicted octanol–water partition coefficient (Wildman–Crippen LogP) is 2.52. The minimum Gasteiger partial charge on any atom is -0.390 e. The number of carbonyl (C=O) groups is 1. The molecule has 7 nitrogen and oxygen atoms in total. The highest BCUT2D eigenvalue weighted by Gasteiger charge is 2.30. The highest BCUT2D eigenvalue weighted by Crippen LogP contribution is 2.36. The van der Waals surface area contributed by atoms with Crippen LogP contribution in [0.3, 0.4) is 0 Å². The molecule has 30 heavy (non-hydrogen) atoms. The van der Waals surface area contributed by atoms with Crippen molar-refractivity contribution >= 4 is 27.2 Å². The first-order chi connectivity index (χ1) is 14.1. The Morgan fingerprint density at radius 3 is 2.37 bits per heavy atom. The van der Waals surface area contributed by atoms with E-state index >= 15 is 0 Å². The number of carbonyl (C=O) groups excluding carboxylic acids is 1. The number of amides is 1. The number of hydrogen-bond donors (Lipinski definition) is 4. The molecule has 1 atom stereocenters. The Morgan fingerprint density at radius 2 is 1.83 bits per heavy atom. The highest BCUT2D eigenvalue weighted by atomic mass is 32.2. The molecule has 1 amide bonds. The Hall–Kier alpha value is -1.81. The molecule has 2 aliphatic carbocycles. The number of aliphatic hydroxyl groups is 2. The van der Waals surface area contributed by atoms with Crippen LogP contribution < -0.4 is 4.72 Å². The standard InChI is InChI=1S/C21H27N3O4S2/c1-21(2,27)20-23-17(11-25)19(29-20)30(22,28)24-18(26)10-16-14-7-3-5-12(14)9-13-6-4-8-15(13)16/h9,25,27H,3-8,10-11H2,1-2H3,(H2,22,24,26,28). The lowest BCUT2D eigenvalue weighted by molar-refractivity contribution is -0.118. The number of benzene rings is 1. The van der Waals surface area contributed by atoms with Crippen molar-refractivity contribution in [3.63, 3.8) is 0 Å². The molecule has 0 saturated carbocycles. The van der Waals surface area contributed by atoms with Gasteiger partial charge in [0.1, 0.15) is 14.8 Å². The van der Waals surface area contributed by atoms with Crippen LogP contribution >= 0.6 is 11.3 Å².